The quantitative estimate of drug-likeness (QED) is 0.283. The maximum atomic E-state index is 12.4. The van der Waals surface area contributed by atoms with Gasteiger partial charge in [0.2, 0.25) is 0 Å². The number of nitrogens with one attached hydrogen (secondary N) is 2. The molecule has 0 saturated carbocycles. The van der Waals surface area contributed by atoms with Crippen molar-refractivity contribution in [2.75, 3.05) is 38.2 Å². The number of rotatable bonds is 7. The van der Waals surface area contributed by atoms with Gasteiger partial charge < -0.3 is 19.5 Å². The number of H-pyrrole nitrogens is 1. The summed E-state index contributed by atoms with van der Waals surface area (Å²) in [5.41, 5.74) is 6.03. The molecule has 2 aromatic carbocycles. The van der Waals surface area contributed by atoms with Gasteiger partial charge in [0.1, 0.15) is 5.82 Å². The summed E-state index contributed by atoms with van der Waals surface area (Å²) in [5, 5.41) is 3.33. The van der Waals surface area contributed by atoms with E-state index in [0.29, 0.717) is 27.7 Å². The zero-order chi connectivity index (χ0) is 25.9. The number of ether oxygens (including phenoxy) is 1. The van der Waals surface area contributed by atoms with Crippen LogP contribution in [0.25, 0.3) is 33.7 Å². The Morgan fingerprint density at radius 2 is 1.89 bits per heavy atom. The molecule has 192 valence electrons. The lowest BCUT2D eigenvalue weighted by Crippen LogP contribution is -2.37. The number of fused-ring (bicyclic) bond motifs is 1. The van der Waals surface area contributed by atoms with E-state index in [1.807, 2.05) is 12.3 Å². The lowest BCUT2D eigenvalue weighted by molar-refractivity contribution is 0.0384. The van der Waals surface area contributed by atoms with E-state index < -0.39 is 0 Å². The van der Waals surface area contributed by atoms with Crippen molar-refractivity contribution in [1.82, 2.24) is 19.9 Å². The summed E-state index contributed by atoms with van der Waals surface area (Å²) in [7, 11) is 0. The number of amides is 1. The number of furan rings is 1. The number of aromatic nitrogens is 3. The number of morpholine rings is 1. The smallest absolute Gasteiger partial charge is 0.291 e. The molecule has 1 saturated heterocycles. The Kier molecular flexibility index (Phi) is 6.92. The fraction of sp³-hybridized carbons (Fsp3) is 0.207. The van der Waals surface area contributed by atoms with Gasteiger partial charge in [-0.05, 0) is 53.9 Å². The molecule has 0 atom stereocenters. The van der Waals surface area contributed by atoms with Crippen molar-refractivity contribution in [1.29, 1.82) is 0 Å². The monoisotopic (exact) mass is 527 g/mol. The molecule has 8 nitrogen and oxygen atoms in total. The van der Waals surface area contributed by atoms with Crippen molar-refractivity contribution in [3.63, 3.8) is 0 Å². The average Bonchev–Trinajstić information content (AvgIpc) is 3.64. The number of halogens is 1. The first kappa shape index (κ1) is 24.4. The third-order valence-corrected chi connectivity index (χ3v) is 7.00. The number of hydrogen-bond acceptors (Lipinski definition) is 6. The fourth-order valence-corrected chi connectivity index (χ4v) is 4.75. The second-order valence-corrected chi connectivity index (χ2v) is 9.61. The van der Waals surface area contributed by atoms with E-state index in [2.05, 4.69) is 49.4 Å². The van der Waals surface area contributed by atoms with E-state index in [4.69, 9.17) is 20.8 Å². The van der Waals surface area contributed by atoms with Crippen molar-refractivity contribution < 1.29 is 13.9 Å². The molecule has 0 unspecified atom stereocenters. The van der Waals surface area contributed by atoms with E-state index in [1.54, 1.807) is 30.3 Å². The Bertz CT molecular complexity index is 1560. The van der Waals surface area contributed by atoms with Gasteiger partial charge in [0.25, 0.3) is 5.91 Å². The highest BCUT2D eigenvalue weighted by molar-refractivity contribution is 6.33. The lowest BCUT2D eigenvalue weighted by Gasteiger charge is -2.26. The first-order valence-electron chi connectivity index (χ1n) is 12.5. The van der Waals surface area contributed by atoms with Gasteiger partial charge in [-0.2, -0.15) is 0 Å². The molecule has 9 heteroatoms. The molecule has 0 bridgehead atoms. The number of pyridine rings is 1. The van der Waals surface area contributed by atoms with Gasteiger partial charge in [-0.1, -0.05) is 35.9 Å². The van der Waals surface area contributed by atoms with Gasteiger partial charge in [0.15, 0.2) is 11.4 Å². The predicted molar refractivity (Wildman–Crippen MR) is 147 cm³/mol. The molecule has 1 fully saturated rings. The van der Waals surface area contributed by atoms with Crippen LogP contribution in [-0.4, -0.2) is 58.6 Å². The Balaban J connectivity index is 1.19. The normalized spacial score (nSPS) is 14.1. The first-order valence-corrected chi connectivity index (χ1v) is 12.9. The number of aromatic amines is 1. The summed E-state index contributed by atoms with van der Waals surface area (Å²) in [6.07, 6.45) is 4.31. The molecule has 5 aromatic rings. The zero-order valence-corrected chi connectivity index (χ0v) is 21.4. The summed E-state index contributed by atoms with van der Waals surface area (Å²) >= 11 is 6.49. The minimum Gasteiger partial charge on any atom is -0.459 e. The third-order valence-electron chi connectivity index (χ3n) is 6.67. The van der Waals surface area contributed by atoms with E-state index in [0.717, 1.165) is 55.9 Å². The number of hydrogen-bond donors (Lipinski definition) is 2. The third kappa shape index (κ3) is 5.33. The molecule has 1 aliphatic heterocycles. The Morgan fingerprint density at radius 3 is 2.68 bits per heavy atom. The number of carbonyl (C=O) groups excluding carboxylic acids is 1. The minimum absolute atomic E-state index is 0.229. The second-order valence-electron chi connectivity index (χ2n) is 9.21. The molecule has 4 heterocycles. The highest BCUT2D eigenvalue weighted by Gasteiger charge is 2.15. The maximum Gasteiger partial charge on any atom is 0.291 e. The minimum atomic E-state index is -0.341. The van der Waals surface area contributed by atoms with Gasteiger partial charge in [0, 0.05) is 42.6 Å². The Labute approximate surface area is 224 Å². The van der Waals surface area contributed by atoms with Crippen molar-refractivity contribution >= 4 is 34.4 Å². The molecule has 38 heavy (non-hydrogen) atoms. The Hall–Kier alpha value is -3.98. The Morgan fingerprint density at radius 1 is 1.05 bits per heavy atom. The zero-order valence-electron chi connectivity index (χ0n) is 20.6. The van der Waals surface area contributed by atoms with Crippen molar-refractivity contribution in [3.8, 4) is 22.5 Å². The molecule has 6 rings (SSSR count). The predicted octanol–water partition coefficient (Wildman–Crippen LogP) is 5.67. The average molecular weight is 528 g/mol. The number of imidazole rings is 1. The van der Waals surface area contributed by atoms with Crippen molar-refractivity contribution in [2.24, 2.45) is 0 Å². The lowest BCUT2D eigenvalue weighted by atomic mass is 10.0. The second kappa shape index (κ2) is 10.8. The largest absolute Gasteiger partial charge is 0.459 e. The van der Waals surface area contributed by atoms with E-state index in [9.17, 15) is 4.79 Å². The fourth-order valence-electron chi connectivity index (χ4n) is 4.55. The molecular weight excluding hydrogens is 502 g/mol. The van der Waals surface area contributed by atoms with Gasteiger partial charge in [-0.3, -0.25) is 9.69 Å². The number of anilines is 1. The van der Waals surface area contributed by atoms with Crippen molar-refractivity contribution in [3.05, 3.63) is 89.5 Å². The van der Waals surface area contributed by atoms with Gasteiger partial charge in [0.05, 0.1) is 30.0 Å². The maximum absolute atomic E-state index is 12.4. The summed E-state index contributed by atoms with van der Waals surface area (Å²) in [4.78, 5) is 27.4. The molecule has 0 aliphatic carbocycles. The van der Waals surface area contributed by atoms with Crippen LogP contribution in [0.5, 0.6) is 0 Å². The SMILES string of the molecule is O=C(Nc1ccc(Cl)c(-c2nc3ncc(-c4ccc(CCN5CCOCC5)cc4)cc3[nH]2)c1)c1ccco1. The van der Waals surface area contributed by atoms with Crippen molar-refractivity contribution in [2.45, 2.75) is 6.42 Å². The van der Waals surface area contributed by atoms with Crippen LogP contribution in [-0.2, 0) is 11.2 Å². The highest BCUT2D eigenvalue weighted by Crippen LogP contribution is 2.31. The topological polar surface area (TPSA) is 96.3 Å². The van der Waals surface area contributed by atoms with Crippen LogP contribution in [0.3, 0.4) is 0 Å². The number of carbonyl (C=O) groups is 1. The van der Waals surface area contributed by atoms with Crippen LogP contribution in [0.2, 0.25) is 5.02 Å². The van der Waals surface area contributed by atoms with E-state index >= 15 is 0 Å². The number of benzene rings is 2. The van der Waals surface area contributed by atoms with E-state index in [-0.39, 0.29) is 11.7 Å². The standard InChI is InChI=1S/C29H26ClN5O3/c30-24-8-7-22(32-29(36)26-2-1-13-38-26)17-23(24)27-33-25-16-21(18-31-28(25)34-27)20-5-3-19(4-6-20)9-10-35-11-14-37-15-12-35/h1-8,13,16-18H,9-12,14-15H2,(H,32,36)(H,31,33,34). The molecule has 1 amide bonds. The summed E-state index contributed by atoms with van der Waals surface area (Å²) < 4.78 is 10.6. The molecule has 0 radical (unpaired) electrons. The van der Waals surface area contributed by atoms with Crippen LogP contribution in [0.1, 0.15) is 16.1 Å². The van der Waals surface area contributed by atoms with Gasteiger partial charge in [-0.25, -0.2) is 9.97 Å². The summed E-state index contributed by atoms with van der Waals surface area (Å²) in [5.74, 6) is 0.459. The van der Waals surface area contributed by atoms with Crippen LogP contribution < -0.4 is 5.32 Å². The molecular formula is C29H26ClN5O3. The number of nitrogens with zero attached hydrogens (tertiary/aromatic N) is 3. The molecule has 3 aromatic heterocycles. The summed E-state index contributed by atoms with van der Waals surface area (Å²) in [6, 6.07) is 19.2. The highest BCUT2D eigenvalue weighted by atomic mass is 35.5. The van der Waals surface area contributed by atoms with Crippen LogP contribution in [0.4, 0.5) is 5.69 Å². The van der Waals surface area contributed by atoms with Crippen LogP contribution in [0, 0.1) is 0 Å². The molecule has 1 aliphatic rings. The van der Waals surface area contributed by atoms with Gasteiger partial charge in [-0.15, -0.1) is 0 Å². The van der Waals surface area contributed by atoms with Crippen LogP contribution in [0.15, 0.2) is 77.5 Å². The summed E-state index contributed by atoms with van der Waals surface area (Å²) in [6.45, 7) is 4.70. The molecule has 2 N–H and O–H groups in total. The van der Waals surface area contributed by atoms with E-state index in [1.165, 1.54) is 11.8 Å². The van der Waals surface area contributed by atoms with Gasteiger partial charge >= 0.3 is 0 Å². The van der Waals surface area contributed by atoms with Crippen LogP contribution >= 0.6 is 11.6 Å². The first-order chi connectivity index (χ1) is 18.6. The molecule has 0 spiro atoms.